The Hall–Kier alpha value is -2.83. The molecule has 2 aromatic carbocycles. The van der Waals surface area contributed by atoms with Crippen molar-refractivity contribution in [3.63, 3.8) is 0 Å². The number of rotatable bonds is 8. The van der Waals surface area contributed by atoms with Crippen LogP contribution in [-0.2, 0) is 14.3 Å². The van der Waals surface area contributed by atoms with Crippen LogP contribution in [0, 0.1) is 0 Å². The Morgan fingerprint density at radius 2 is 1.90 bits per heavy atom. The number of carbonyl (C=O) groups is 1. The summed E-state index contributed by atoms with van der Waals surface area (Å²) in [6.45, 7) is 4.52. The van der Waals surface area contributed by atoms with Crippen LogP contribution in [0.1, 0.15) is 13.8 Å². The number of ether oxygens (including phenoxy) is 3. The summed E-state index contributed by atoms with van der Waals surface area (Å²) in [4.78, 5) is 24.8. The molecule has 0 bridgehead atoms. The molecule has 0 aliphatic rings. The molecule has 0 radical (unpaired) electrons. The molecule has 3 aromatic rings. The second kappa shape index (κ2) is 9.58. The summed E-state index contributed by atoms with van der Waals surface area (Å²) < 4.78 is 21.5. The summed E-state index contributed by atoms with van der Waals surface area (Å²) >= 11 is 5.90. The third kappa shape index (κ3) is 5.16. The highest BCUT2D eigenvalue weighted by atomic mass is 35.5. The molecule has 29 heavy (non-hydrogen) atoms. The van der Waals surface area contributed by atoms with Crippen LogP contribution in [0.2, 0.25) is 5.02 Å². The van der Waals surface area contributed by atoms with E-state index in [2.05, 4.69) is 0 Å². The zero-order chi connectivity index (χ0) is 20.8. The molecule has 152 valence electrons. The topological polar surface area (TPSA) is 75.0 Å². The van der Waals surface area contributed by atoms with Gasteiger partial charge in [0.1, 0.15) is 24.2 Å². The van der Waals surface area contributed by atoms with Crippen molar-refractivity contribution < 1.29 is 23.4 Å². The SMILES string of the molecule is CCOCCOC(=O)[C@H](C)Oc1ccc2c(=O)c(-c3ccc(Cl)cc3)coc2c1. The lowest BCUT2D eigenvalue weighted by atomic mass is 10.1. The standard InChI is InChI=1S/C22H21ClO6/c1-3-26-10-11-27-22(25)14(2)29-17-8-9-18-20(12-17)28-13-19(21(18)24)15-4-6-16(23)7-5-15/h4-9,12-14H,3,10-11H2,1-2H3/t14-/m0/s1. The monoisotopic (exact) mass is 416 g/mol. The number of halogens is 1. The van der Waals surface area contributed by atoms with Gasteiger partial charge in [-0.1, -0.05) is 23.7 Å². The third-order valence-electron chi connectivity index (χ3n) is 4.22. The molecule has 1 heterocycles. The van der Waals surface area contributed by atoms with E-state index in [9.17, 15) is 9.59 Å². The molecule has 0 saturated heterocycles. The van der Waals surface area contributed by atoms with Crippen LogP contribution in [0.3, 0.4) is 0 Å². The molecule has 0 amide bonds. The van der Waals surface area contributed by atoms with E-state index in [-0.39, 0.29) is 12.0 Å². The average Bonchev–Trinajstić information content (AvgIpc) is 2.72. The van der Waals surface area contributed by atoms with Crippen molar-refractivity contribution in [1.29, 1.82) is 0 Å². The third-order valence-corrected chi connectivity index (χ3v) is 4.47. The lowest BCUT2D eigenvalue weighted by molar-refractivity contribution is -0.152. The van der Waals surface area contributed by atoms with Crippen LogP contribution in [0.4, 0.5) is 0 Å². The van der Waals surface area contributed by atoms with E-state index >= 15 is 0 Å². The number of fused-ring (bicyclic) bond motifs is 1. The van der Waals surface area contributed by atoms with Gasteiger partial charge in [0.05, 0.1) is 17.6 Å². The van der Waals surface area contributed by atoms with Crippen LogP contribution in [0.5, 0.6) is 5.75 Å². The van der Waals surface area contributed by atoms with Gasteiger partial charge >= 0.3 is 5.97 Å². The van der Waals surface area contributed by atoms with Gasteiger partial charge in [-0.05, 0) is 43.7 Å². The maximum absolute atomic E-state index is 12.8. The van der Waals surface area contributed by atoms with Crippen LogP contribution in [0.15, 0.2) is 57.9 Å². The Balaban J connectivity index is 1.75. The van der Waals surface area contributed by atoms with Gasteiger partial charge in [-0.25, -0.2) is 4.79 Å². The van der Waals surface area contributed by atoms with Crippen molar-refractivity contribution in [3.8, 4) is 16.9 Å². The first-order valence-electron chi connectivity index (χ1n) is 9.22. The second-order valence-electron chi connectivity index (χ2n) is 6.27. The number of hydrogen-bond donors (Lipinski definition) is 0. The van der Waals surface area contributed by atoms with E-state index < -0.39 is 12.1 Å². The van der Waals surface area contributed by atoms with Crippen molar-refractivity contribution in [3.05, 3.63) is 64.0 Å². The van der Waals surface area contributed by atoms with Crippen molar-refractivity contribution >= 4 is 28.5 Å². The quantitative estimate of drug-likeness (QED) is 0.398. The Labute approximate surface area is 172 Å². The van der Waals surface area contributed by atoms with Crippen LogP contribution < -0.4 is 10.2 Å². The molecule has 0 unspecified atom stereocenters. The molecule has 6 nitrogen and oxygen atoms in total. The van der Waals surface area contributed by atoms with E-state index in [1.807, 2.05) is 6.92 Å². The highest BCUT2D eigenvalue weighted by molar-refractivity contribution is 6.30. The van der Waals surface area contributed by atoms with Gasteiger partial charge in [0.2, 0.25) is 0 Å². The zero-order valence-corrected chi connectivity index (χ0v) is 16.9. The molecule has 0 N–H and O–H groups in total. The van der Waals surface area contributed by atoms with E-state index in [4.69, 9.17) is 30.2 Å². The van der Waals surface area contributed by atoms with Crippen molar-refractivity contribution in [2.75, 3.05) is 19.8 Å². The number of carbonyl (C=O) groups excluding carboxylic acids is 1. The average molecular weight is 417 g/mol. The highest BCUT2D eigenvalue weighted by Gasteiger charge is 2.17. The van der Waals surface area contributed by atoms with Crippen molar-refractivity contribution in [1.82, 2.24) is 0 Å². The largest absolute Gasteiger partial charge is 0.479 e. The molecule has 0 aliphatic carbocycles. The smallest absolute Gasteiger partial charge is 0.347 e. The lowest BCUT2D eigenvalue weighted by Gasteiger charge is -2.14. The van der Waals surface area contributed by atoms with Gasteiger partial charge in [-0.15, -0.1) is 0 Å². The first kappa shape index (κ1) is 20.9. The molecular weight excluding hydrogens is 396 g/mol. The fourth-order valence-corrected chi connectivity index (χ4v) is 2.85. The first-order valence-corrected chi connectivity index (χ1v) is 9.60. The summed E-state index contributed by atoms with van der Waals surface area (Å²) in [5, 5.41) is 1.00. The predicted octanol–water partition coefficient (Wildman–Crippen LogP) is 4.46. The summed E-state index contributed by atoms with van der Waals surface area (Å²) in [7, 11) is 0. The first-order chi connectivity index (χ1) is 14.0. The van der Waals surface area contributed by atoms with Crippen molar-refractivity contribution in [2.45, 2.75) is 20.0 Å². The van der Waals surface area contributed by atoms with E-state index in [1.165, 1.54) is 6.26 Å². The van der Waals surface area contributed by atoms with E-state index in [0.717, 1.165) is 0 Å². The number of benzene rings is 2. The fraction of sp³-hybridized carbons (Fsp3) is 0.273. The minimum atomic E-state index is -0.811. The molecule has 7 heteroatoms. The highest BCUT2D eigenvalue weighted by Crippen LogP contribution is 2.24. The maximum Gasteiger partial charge on any atom is 0.347 e. The summed E-state index contributed by atoms with van der Waals surface area (Å²) in [6, 6.07) is 11.8. The van der Waals surface area contributed by atoms with Gasteiger partial charge in [0, 0.05) is 17.7 Å². The van der Waals surface area contributed by atoms with Crippen LogP contribution >= 0.6 is 11.6 Å². The lowest BCUT2D eigenvalue weighted by Crippen LogP contribution is -2.27. The molecular formula is C22H21ClO6. The summed E-state index contributed by atoms with van der Waals surface area (Å²) in [5.41, 5.74) is 1.36. The summed E-state index contributed by atoms with van der Waals surface area (Å²) in [5.74, 6) is -0.0986. The Bertz CT molecular complexity index is 1040. The van der Waals surface area contributed by atoms with Gasteiger partial charge in [0.15, 0.2) is 11.5 Å². The van der Waals surface area contributed by atoms with E-state index in [1.54, 1.807) is 49.4 Å². The molecule has 1 aromatic heterocycles. The molecule has 0 aliphatic heterocycles. The molecule has 3 rings (SSSR count). The maximum atomic E-state index is 12.8. The van der Waals surface area contributed by atoms with Crippen LogP contribution in [-0.4, -0.2) is 31.9 Å². The van der Waals surface area contributed by atoms with Gasteiger partial charge < -0.3 is 18.6 Å². The molecule has 0 fully saturated rings. The van der Waals surface area contributed by atoms with Gasteiger partial charge in [-0.3, -0.25) is 4.79 Å². The van der Waals surface area contributed by atoms with Crippen molar-refractivity contribution in [2.24, 2.45) is 0 Å². The molecule has 0 saturated carbocycles. The fourth-order valence-electron chi connectivity index (χ4n) is 2.73. The molecule has 1 atom stereocenters. The summed E-state index contributed by atoms with van der Waals surface area (Å²) in [6.07, 6.45) is 0.595. The van der Waals surface area contributed by atoms with Gasteiger partial charge in [0.25, 0.3) is 0 Å². The second-order valence-corrected chi connectivity index (χ2v) is 6.70. The van der Waals surface area contributed by atoms with E-state index in [0.29, 0.717) is 46.1 Å². The number of esters is 1. The normalized spacial score (nSPS) is 12.0. The molecule has 0 spiro atoms. The van der Waals surface area contributed by atoms with Gasteiger partial charge in [-0.2, -0.15) is 0 Å². The minimum absolute atomic E-state index is 0.163. The zero-order valence-electron chi connectivity index (χ0n) is 16.1. The minimum Gasteiger partial charge on any atom is -0.479 e. The Kier molecular flexibility index (Phi) is 6.90. The Morgan fingerprint density at radius 3 is 2.62 bits per heavy atom. The number of hydrogen-bond acceptors (Lipinski definition) is 6. The predicted molar refractivity (Wildman–Crippen MR) is 110 cm³/mol. The van der Waals surface area contributed by atoms with Crippen LogP contribution in [0.25, 0.3) is 22.1 Å². The Morgan fingerprint density at radius 1 is 1.14 bits per heavy atom.